The maximum absolute atomic E-state index is 6.06. The summed E-state index contributed by atoms with van der Waals surface area (Å²) in [5.41, 5.74) is 3.84. The van der Waals surface area contributed by atoms with Crippen molar-refractivity contribution in [3.63, 3.8) is 0 Å². The monoisotopic (exact) mass is 467 g/mol. The van der Waals surface area contributed by atoms with E-state index in [1.807, 2.05) is 91.0 Å². The molecule has 0 spiro atoms. The first-order chi connectivity index (χ1) is 17.3. The van der Waals surface area contributed by atoms with E-state index < -0.39 is 0 Å². The fourth-order valence-electron chi connectivity index (χ4n) is 3.93. The van der Waals surface area contributed by atoms with Gasteiger partial charge in [-0.05, 0) is 29.8 Å². The topological polar surface area (TPSA) is 56.7 Å². The first-order valence-electron chi connectivity index (χ1n) is 12.0. The smallest absolute Gasteiger partial charge is 0.217 e. The zero-order valence-corrected chi connectivity index (χ0v) is 19.7. The highest BCUT2D eigenvalue weighted by atomic mass is 16.5. The van der Waals surface area contributed by atoms with Crippen LogP contribution in [-0.4, -0.2) is 54.3 Å². The van der Waals surface area contributed by atoms with Crippen molar-refractivity contribution in [3.05, 3.63) is 96.6 Å². The van der Waals surface area contributed by atoms with E-state index in [1.165, 1.54) is 0 Å². The molecule has 0 radical (unpaired) electrons. The molecule has 4 aromatic rings. The molecule has 0 aliphatic carbocycles. The number of hydrogen-bond acceptors (Lipinski definition) is 6. The lowest BCUT2D eigenvalue weighted by Crippen LogP contribution is -2.38. The van der Waals surface area contributed by atoms with Crippen molar-refractivity contribution in [1.82, 2.24) is 14.9 Å². The SMILES string of the molecule is c1ccc(COc2cc(-c3ccccc3)nc(-c3ccc(OCCN4CCOCC4)cc3)n2)cc1. The third kappa shape index (κ3) is 6.44. The zero-order valence-electron chi connectivity index (χ0n) is 19.7. The number of nitrogens with zero attached hydrogens (tertiary/aromatic N) is 3. The average molecular weight is 468 g/mol. The van der Waals surface area contributed by atoms with Crippen LogP contribution >= 0.6 is 0 Å². The van der Waals surface area contributed by atoms with Gasteiger partial charge in [0.1, 0.15) is 19.0 Å². The number of morpholine rings is 1. The molecule has 0 atom stereocenters. The highest BCUT2D eigenvalue weighted by molar-refractivity contribution is 5.65. The summed E-state index contributed by atoms with van der Waals surface area (Å²) in [6.07, 6.45) is 0. The zero-order chi connectivity index (χ0) is 23.7. The molecule has 1 aliphatic heterocycles. The van der Waals surface area contributed by atoms with Gasteiger partial charge in [0.15, 0.2) is 5.82 Å². The van der Waals surface area contributed by atoms with Gasteiger partial charge in [0.2, 0.25) is 5.88 Å². The molecule has 1 aliphatic rings. The number of benzene rings is 3. The van der Waals surface area contributed by atoms with E-state index in [0.29, 0.717) is 24.9 Å². The van der Waals surface area contributed by atoms with Crippen LogP contribution in [0.15, 0.2) is 91.0 Å². The summed E-state index contributed by atoms with van der Waals surface area (Å²) in [6.45, 7) is 5.52. The molecular weight excluding hydrogens is 438 g/mol. The van der Waals surface area contributed by atoms with Crippen molar-refractivity contribution in [3.8, 4) is 34.3 Å². The second-order valence-corrected chi connectivity index (χ2v) is 8.38. The van der Waals surface area contributed by atoms with Gasteiger partial charge in [0, 0.05) is 36.8 Å². The van der Waals surface area contributed by atoms with E-state index in [0.717, 1.165) is 61.0 Å². The van der Waals surface area contributed by atoms with Crippen LogP contribution in [0.3, 0.4) is 0 Å². The molecule has 1 aromatic heterocycles. The third-order valence-corrected chi connectivity index (χ3v) is 5.89. The molecule has 0 bridgehead atoms. The van der Waals surface area contributed by atoms with Gasteiger partial charge in [-0.2, -0.15) is 4.98 Å². The summed E-state index contributed by atoms with van der Waals surface area (Å²) in [5, 5.41) is 0. The molecule has 0 N–H and O–H groups in total. The van der Waals surface area contributed by atoms with E-state index in [1.54, 1.807) is 0 Å². The molecule has 2 heterocycles. The van der Waals surface area contributed by atoms with Crippen LogP contribution in [0.5, 0.6) is 11.6 Å². The van der Waals surface area contributed by atoms with Crippen molar-refractivity contribution >= 4 is 0 Å². The lowest BCUT2D eigenvalue weighted by atomic mass is 10.1. The molecule has 0 saturated carbocycles. The lowest BCUT2D eigenvalue weighted by molar-refractivity contribution is 0.0322. The second-order valence-electron chi connectivity index (χ2n) is 8.38. The molecule has 1 saturated heterocycles. The van der Waals surface area contributed by atoms with Gasteiger partial charge in [0.05, 0.1) is 18.9 Å². The van der Waals surface area contributed by atoms with Crippen molar-refractivity contribution < 1.29 is 14.2 Å². The molecule has 35 heavy (non-hydrogen) atoms. The van der Waals surface area contributed by atoms with Gasteiger partial charge in [-0.15, -0.1) is 0 Å². The summed E-state index contributed by atoms with van der Waals surface area (Å²) < 4.78 is 17.4. The summed E-state index contributed by atoms with van der Waals surface area (Å²) in [5.74, 6) is 2.00. The molecule has 0 unspecified atom stereocenters. The fraction of sp³-hybridized carbons (Fsp3) is 0.241. The Hall–Kier alpha value is -3.74. The predicted octanol–water partition coefficient (Wildman–Crippen LogP) is 5.10. The third-order valence-electron chi connectivity index (χ3n) is 5.89. The van der Waals surface area contributed by atoms with E-state index in [-0.39, 0.29) is 0 Å². The van der Waals surface area contributed by atoms with Gasteiger partial charge in [-0.3, -0.25) is 4.90 Å². The number of rotatable bonds is 9. The maximum atomic E-state index is 6.06. The second kappa shape index (κ2) is 11.6. The Kier molecular flexibility index (Phi) is 7.63. The highest BCUT2D eigenvalue weighted by Gasteiger charge is 2.12. The van der Waals surface area contributed by atoms with E-state index >= 15 is 0 Å². The number of ether oxygens (including phenoxy) is 3. The molecule has 6 heteroatoms. The molecule has 5 rings (SSSR count). The van der Waals surface area contributed by atoms with Crippen LogP contribution in [0.2, 0.25) is 0 Å². The Morgan fingerprint density at radius 1 is 0.743 bits per heavy atom. The van der Waals surface area contributed by atoms with Gasteiger partial charge >= 0.3 is 0 Å². The molecule has 3 aromatic carbocycles. The molecule has 6 nitrogen and oxygen atoms in total. The quantitative estimate of drug-likeness (QED) is 0.341. The largest absolute Gasteiger partial charge is 0.492 e. The first kappa shape index (κ1) is 23.0. The maximum Gasteiger partial charge on any atom is 0.217 e. The van der Waals surface area contributed by atoms with Crippen LogP contribution < -0.4 is 9.47 Å². The number of hydrogen-bond donors (Lipinski definition) is 0. The summed E-state index contributed by atoms with van der Waals surface area (Å²) in [6, 6.07) is 30.0. The molecular formula is C29H29N3O3. The Morgan fingerprint density at radius 3 is 2.20 bits per heavy atom. The van der Waals surface area contributed by atoms with Gasteiger partial charge in [-0.25, -0.2) is 4.98 Å². The minimum atomic E-state index is 0.446. The first-order valence-corrected chi connectivity index (χ1v) is 12.0. The van der Waals surface area contributed by atoms with Gasteiger partial charge in [-0.1, -0.05) is 60.7 Å². The highest BCUT2D eigenvalue weighted by Crippen LogP contribution is 2.27. The minimum Gasteiger partial charge on any atom is -0.492 e. The Labute approximate surface area is 206 Å². The summed E-state index contributed by atoms with van der Waals surface area (Å²) in [7, 11) is 0. The van der Waals surface area contributed by atoms with E-state index in [9.17, 15) is 0 Å². The van der Waals surface area contributed by atoms with Crippen LogP contribution in [0.25, 0.3) is 22.6 Å². The van der Waals surface area contributed by atoms with Crippen molar-refractivity contribution in [2.75, 3.05) is 39.5 Å². The lowest BCUT2D eigenvalue weighted by Gasteiger charge is -2.26. The molecule has 1 fully saturated rings. The minimum absolute atomic E-state index is 0.446. The summed E-state index contributed by atoms with van der Waals surface area (Å²) >= 11 is 0. The van der Waals surface area contributed by atoms with Crippen LogP contribution in [0.1, 0.15) is 5.56 Å². The van der Waals surface area contributed by atoms with Crippen LogP contribution in [-0.2, 0) is 11.3 Å². The van der Waals surface area contributed by atoms with Crippen molar-refractivity contribution in [2.24, 2.45) is 0 Å². The van der Waals surface area contributed by atoms with Crippen LogP contribution in [0.4, 0.5) is 0 Å². The Morgan fingerprint density at radius 2 is 1.46 bits per heavy atom. The van der Waals surface area contributed by atoms with Crippen LogP contribution in [0, 0.1) is 0 Å². The van der Waals surface area contributed by atoms with Gasteiger partial charge < -0.3 is 14.2 Å². The Balaban J connectivity index is 1.31. The normalized spacial score (nSPS) is 13.9. The fourth-order valence-corrected chi connectivity index (χ4v) is 3.93. The van der Waals surface area contributed by atoms with Crippen molar-refractivity contribution in [1.29, 1.82) is 0 Å². The van der Waals surface area contributed by atoms with E-state index in [2.05, 4.69) is 4.90 Å². The Bertz CT molecular complexity index is 1200. The molecule has 0 amide bonds. The van der Waals surface area contributed by atoms with E-state index in [4.69, 9.17) is 24.2 Å². The predicted molar refractivity (Wildman–Crippen MR) is 136 cm³/mol. The number of aromatic nitrogens is 2. The molecule has 178 valence electrons. The van der Waals surface area contributed by atoms with Crippen molar-refractivity contribution in [2.45, 2.75) is 6.61 Å². The average Bonchev–Trinajstić information content (AvgIpc) is 2.94. The van der Waals surface area contributed by atoms with Gasteiger partial charge in [0.25, 0.3) is 0 Å². The summed E-state index contributed by atoms with van der Waals surface area (Å²) in [4.78, 5) is 11.9. The standard InChI is InChI=1S/C29H29N3O3/c1-3-7-23(8-4-1)22-35-28-21-27(24-9-5-2-6-10-24)30-29(31-28)25-11-13-26(14-12-25)34-20-17-32-15-18-33-19-16-32/h1-14,21H,15-20,22H2.